The van der Waals surface area contributed by atoms with E-state index in [2.05, 4.69) is 20.8 Å². The van der Waals surface area contributed by atoms with Gasteiger partial charge in [0.15, 0.2) is 0 Å². The van der Waals surface area contributed by atoms with Crippen molar-refractivity contribution in [2.45, 2.75) is 97.8 Å². The van der Waals surface area contributed by atoms with Crippen molar-refractivity contribution in [2.75, 3.05) is 13.1 Å². The number of nitrogens with zero attached hydrogens (tertiary/aromatic N) is 1. The van der Waals surface area contributed by atoms with Crippen LogP contribution in [0.25, 0.3) is 0 Å². The molecule has 120 valence electrons. The van der Waals surface area contributed by atoms with Crippen LogP contribution in [0.5, 0.6) is 0 Å². The molecule has 20 heavy (non-hydrogen) atoms. The van der Waals surface area contributed by atoms with E-state index in [0.29, 0.717) is 5.91 Å². The minimum Gasteiger partial charge on any atom is -0.343 e. The topological polar surface area (TPSA) is 20.3 Å². The third kappa shape index (κ3) is 11.3. The lowest BCUT2D eigenvalue weighted by atomic mass is 10.1. The predicted molar refractivity (Wildman–Crippen MR) is 89.0 cm³/mol. The molecule has 0 aromatic rings. The van der Waals surface area contributed by atoms with Gasteiger partial charge in [-0.2, -0.15) is 0 Å². The van der Waals surface area contributed by atoms with Gasteiger partial charge in [0.1, 0.15) is 0 Å². The van der Waals surface area contributed by atoms with E-state index in [4.69, 9.17) is 0 Å². The summed E-state index contributed by atoms with van der Waals surface area (Å²) in [6.45, 7) is 8.35. The zero-order valence-electron chi connectivity index (χ0n) is 14.3. The van der Waals surface area contributed by atoms with E-state index in [1.807, 2.05) is 4.90 Å². The third-order valence-corrected chi connectivity index (χ3v) is 4.01. The molecule has 0 saturated heterocycles. The van der Waals surface area contributed by atoms with Crippen molar-refractivity contribution in [3.8, 4) is 0 Å². The van der Waals surface area contributed by atoms with Gasteiger partial charge in [0.25, 0.3) is 0 Å². The van der Waals surface area contributed by atoms with Crippen LogP contribution in [0.2, 0.25) is 0 Å². The summed E-state index contributed by atoms with van der Waals surface area (Å²) >= 11 is 0. The molecule has 0 aliphatic rings. The standard InChI is InChI=1S/C18H37NO/c1-4-7-9-10-11-12-13-14-15-16-18(20)19(6-3)17-8-5-2/h4-17H2,1-3H3. The summed E-state index contributed by atoms with van der Waals surface area (Å²) in [6.07, 6.45) is 14.9. The highest BCUT2D eigenvalue weighted by molar-refractivity contribution is 5.76. The highest BCUT2D eigenvalue weighted by Gasteiger charge is 2.09. The first kappa shape index (κ1) is 19.5. The second-order valence-corrected chi connectivity index (χ2v) is 5.91. The Kier molecular flexibility index (Phi) is 14.5. The van der Waals surface area contributed by atoms with Gasteiger partial charge in [-0.15, -0.1) is 0 Å². The van der Waals surface area contributed by atoms with Crippen molar-refractivity contribution in [1.29, 1.82) is 0 Å². The number of unbranched alkanes of at least 4 members (excludes halogenated alkanes) is 9. The van der Waals surface area contributed by atoms with E-state index >= 15 is 0 Å². The lowest BCUT2D eigenvalue weighted by molar-refractivity contribution is -0.131. The quantitative estimate of drug-likeness (QED) is 0.382. The second kappa shape index (κ2) is 14.9. The Labute approximate surface area is 127 Å². The van der Waals surface area contributed by atoms with E-state index in [-0.39, 0.29) is 0 Å². The lowest BCUT2D eigenvalue weighted by Crippen LogP contribution is -2.31. The van der Waals surface area contributed by atoms with Crippen molar-refractivity contribution >= 4 is 5.91 Å². The smallest absolute Gasteiger partial charge is 0.222 e. The van der Waals surface area contributed by atoms with Crippen molar-refractivity contribution < 1.29 is 4.79 Å². The number of hydrogen-bond donors (Lipinski definition) is 0. The van der Waals surface area contributed by atoms with Gasteiger partial charge >= 0.3 is 0 Å². The summed E-state index contributed by atoms with van der Waals surface area (Å²) in [5.74, 6) is 0.365. The Hall–Kier alpha value is -0.530. The van der Waals surface area contributed by atoms with Gasteiger partial charge in [-0.1, -0.05) is 71.6 Å². The maximum atomic E-state index is 12.0. The van der Waals surface area contributed by atoms with Gasteiger partial charge in [-0.05, 0) is 19.8 Å². The summed E-state index contributed by atoms with van der Waals surface area (Å²) in [4.78, 5) is 14.0. The molecule has 0 bridgehead atoms. The van der Waals surface area contributed by atoms with Gasteiger partial charge in [0, 0.05) is 19.5 Å². The van der Waals surface area contributed by atoms with Gasteiger partial charge in [-0.25, -0.2) is 0 Å². The first-order chi connectivity index (χ1) is 9.76. The predicted octanol–water partition coefficient (Wildman–Crippen LogP) is 5.56. The molecule has 0 aromatic carbocycles. The summed E-state index contributed by atoms with van der Waals surface area (Å²) in [6, 6.07) is 0. The fourth-order valence-corrected chi connectivity index (χ4v) is 2.55. The Balaban J connectivity index is 3.41. The van der Waals surface area contributed by atoms with Crippen LogP contribution >= 0.6 is 0 Å². The molecule has 0 N–H and O–H groups in total. The monoisotopic (exact) mass is 283 g/mol. The van der Waals surface area contributed by atoms with Crippen LogP contribution in [0.4, 0.5) is 0 Å². The van der Waals surface area contributed by atoms with E-state index < -0.39 is 0 Å². The molecule has 0 rings (SSSR count). The van der Waals surface area contributed by atoms with Crippen molar-refractivity contribution in [1.82, 2.24) is 4.90 Å². The zero-order chi connectivity index (χ0) is 15.1. The zero-order valence-corrected chi connectivity index (χ0v) is 14.3. The van der Waals surface area contributed by atoms with Crippen LogP contribution in [0.1, 0.15) is 97.8 Å². The average molecular weight is 284 g/mol. The van der Waals surface area contributed by atoms with Crippen molar-refractivity contribution in [2.24, 2.45) is 0 Å². The van der Waals surface area contributed by atoms with Crippen molar-refractivity contribution in [3.63, 3.8) is 0 Å². The highest BCUT2D eigenvalue weighted by atomic mass is 16.2. The van der Waals surface area contributed by atoms with Gasteiger partial charge < -0.3 is 4.90 Å². The summed E-state index contributed by atoms with van der Waals surface area (Å²) < 4.78 is 0. The molecule has 0 fully saturated rings. The lowest BCUT2D eigenvalue weighted by Gasteiger charge is -2.20. The van der Waals surface area contributed by atoms with Crippen LogP contribution in [-0.2, 0) is 4.79 Å². The number of amides is 1. The molecule has 0 heterocycles. The Morgan fingerprint density at radius 1 is 0.700 bits per heavy atom. The fraction of sp³-hybridized carbons (Fsp3) is 0.944. The molecule has 0 spiro atoms. The van der Waals surface area contributed by atoms with Crippen molar-refractivity contribution in [3.05, 3.63) is 0 Å². The molecular formula is C18H37NO. The third-order valence-electron chi connectivity index (χ3n) is 4.01. The first-order valence-corrected chi connectivity index (χ1v) is 9.04. The molecule has 0 aliphatic heterocycles. The molecular weight excluding hydrogens is 246 g/mol. The summed E-state index contributed by atoms with van der Waals surface area (Å²) in [5, 5.41) is 0. The minimum absolute atomic E-state index is 0.365. The molecule has 2 nitrogen and oxygen atoms in total. The summed E-state index contributed by atoms with van der Waals surface area (Å²) in [5.41, 5.74) is 0. The van der Waals surface area contributed by atoms with Crippen LogP contribution in [0.3, 0.4) is 0 Å². The van der Waals surface area contributed by atoms with Gasteiger partial charge in [0.05, 0.1) is 0 Å². The Morgan fingerprint density at radius 3 is 1.70 bits per heavy atom. The molecule has 0 unspecified atom stereocenters. The minimum atomic E-state index is 0.365. The molecule has 0 saturated carbocycles. The SMILES string of the molecule is CCCCCCCCCCCC(=O)N(CC)CCCC. The number of carbonyl (C=O) groups is 1. The van der Waals surface area contributed by atoms with Gasteiger partial charge in [0.2, 0.25) is 5.91 Å². The Bertz CT molecular complexity index is 215. The van der Waals surface area contributed by atoms with E-state index in [1.54, 1.807) is 0 Å². The molecule has 2 heteroatoms. The maximum absolute atomic E-state index is 12.0. The first-order valence-electron chi connectivity index (χ1n) is 9.04. The van der Waals surface area contributed by atoms with Crippen LogP contribution in [-0.4, -0.2) is 23.9 Å². The largest absolute Gasteiger partial charge is 0.343 e. The summed E-state index contributed by atoms with van der Waals surface area (Å²) in [7, 11) is 0. The van der Waals surface area contributed by atoms with E-state index in [1.165, 1.54) is 57.8 Å². The number of rotatable bonds is 14. The van der Waals surface area contributed by atoms with Crippen LogP contribution in [0.15, 0.2) is 0 Å². The second-order valence-electron chi connectivity index (χ2n) is 5.91. The molecule has 1 amide bonds. The Morgan fingerprint density at radius 2 is 1.20 bits per heavy atom. The molecule has 0 atom stereocenters. The average Bonchev–Trinajstić information content (AvgIpc) is 2.46. The maximum Gasteiger partial charge on any atom is 0.222 e. The van der Waals surface area contributed by atoms with E-state index in [0.717, 1.165) is 32.4 Å². The van der Waals surface area contributed by atoms with Gasteiger partial charge in [-0.3, -0.25) is 4.79 Å². The van der Waals surface area contributed by atoms with Crippen LogP contribution < -0.4 is 0 Å². The van der Waals surface area contributed by atoms with E-state index in [9.17, 15) is 4.79 Å². The molecule has 0 radical (unpaired) electrons. The molecule has 0 aromatic heterocycles. The number of hydrogen-bond acceptors (Lipinski definition) is 1. The van der Waals surface area contributed by atoms with Crippen LogP contribution in [0, 0.1) is 0 Å². The molecule has 0 aliphatic carbocycles. The highest BCUT2D eigenvalue weighted by Crippen LogP contribution is 2.11. The fourth-order valence-electron chi connectivity index (χ4n) is 2.55. The number of carbonyl (C=O) groups excluding carboxylic acids is 1. The normalized spacial score (nSPS) is 10.8.